The monoisotopic (exact) mass is 331 g/mol. The van der Waals surface area contributed by atoms with Crippen LogP contribution in [0, 0.1) is 0 Å². The van der Waals surface area contributed by atoms with Gasteiger partial charge in [0, 0.05) is 37.0 Å². The zero-order chi connectivity index (χ0) is 16.5. The third kappa shape index (κ3) is 2.75. The van der Waals surface area contributed by atoms with Crippen LogP contribution in [0.4, 0.5) is 0 Å². The van der Waals surface area contributed by atoms with Crippen LogP contribution in [0.3, 0.4) is 0 Å². The van der Waals surface area contributed by atoms with Gasteiger partial charge >= 0.3 is 5.69 Å². The number of nitrogens with one attached hydrogen (secondary N) is 4. The van der Waals surface area contributed by atoms with Gasteiger partial charge in [-0.25, -0.2) is 9.89 Å². The molecule has 4 rings (SSSR count). The van der Waals surface area contributed by atoms with Crippen molar-refractivity contribution in [2.45, 2.75) is 44.2 Å². The fraction of sp³-hybridized carbons (Fsp3) is 0.600. The summed E-state index contributed by atoms with van der Waals surface area (Å²) in [5.41, 5.74) is 1.34. The number of rotatable bonds is 3. The molecular formula is C15H21N7O2. The molecule has 0 radical (unpaired) electrons. The zero-order valence-corrected chi connectivity index (χ0v) is 13.3. The first kappa shape index (κ1) is 15.1. The van der Waals surface area contributed by atoms with Crippen molar-refractivity contribution in [2.75, 3.05) is 13.1 Å². The molecule has 4 N–H and O–H groups in total. The largest absolute Gasteiger partial charge is 0.347 e. The van der Waals surface area contributed by atoms with Gasteiger partial charge in [-0.3, -0.25) is 14.5 Å². The second-order valence-electron chi connectivity index (χ2n) is 6.50. The van der Waals surface area contributed by atoms with E-state index >= 15 is 0 Å². The van der Waals surface area contributed by atoms with E-state index < -0.39 is 0 Å². The van der Waals surface area contributed by atoms with Gasteiger partial charge in [0.05, 0.1) is 6.20 Å². The molecule has 4 heterocycles. The van der Waals surface area contributed by atoms with Crippen molar-refractivity contribution in [3.8, 4) is 0 Å². The Kier molecular flexibility index (Phi) is 3.93. The molecule has 0 aliphatic carbocycles. The van der Waals surface area contributed by atoms with E-state index in [1.807, 2.05) is 0 Å². The van der Waals surface area contributed by atoms with E-state index in [0.29, 0.717) is 36.8 Å². The zero-order valence-electron chi connectivity index (χ0n) is 13.3. The lowest BCUT2D eigenvalue weighted by Gasteiger charge is -2.25. The molecule has 1 amide bonds. The summed E-state index contributed by atoms with van der Waals surface area (Å²) in [4.78, 5) is 24.2. The minimum atomic E-state index is -0.185. The van der Waals surface area contributed by atoms with Crippen molar-refractivity contribution in [3.63, 3.8) is 0 Å². The number of hydrogen-bond acceptors (Lipinski definition) is 5. The Morgan fingerprint density at radius 2 is 2.25 bits per heavy atom. The molecule has 2 aliphatic rings. The summed E-state index contributed by atoms with van der Waals surface area (Å²) in [6, 6.07) is -0.0270. The summed E-state index contributed by atoms with van der Waals surface area (Å²) in [5, 5.41) is 19.8. The molecule has 128 valence electrons. The molecule has 0 spiro atoms. The van der Waals surface area contributed by atoms with Crippen LogP contribution < -0.4 is 16.3 Å². The molecule has 1 saturated heterocycles. The molecule has 0 saturated carbocycles. The van der Waals surface area contributed by atoms with Crippen molar-refractivity contribution in [2.24, 2.45) is 0 Å². The van der Waals surface area contributed by atoms with Gasteiger partial charge in [-0.1, -0.05) is 0 Å². The molecule has 2 aromatic rings. The van der Waals surface area contributed by atoms with Gasteiger partial charge in [-0.05, 0) is 25.8 Å². The molecule has 2 aromatic heterocycles. The Bertz CT molecular complexity index is 784. The maximum absolute atomic E-state index is 12.7. The maximum atomic E-state index is 12.7. The summed E-state index contributed by atoms with van der Waals surface area (Å²) in [6.45, 7) is 2.48. The number of aromatic amines is 2. The topological polar surface area (TPSA) is 120 Å². The van der Waals surface area contributed by atoms with E-state index in [9.17, 15) is 9.59 Å². The second-order valence-corrected chi connectivity index (χ2v) is 6.50. The Morgan fingerprint density at radius 3 is 3.08 bits per heavy atom. The fourth-order valence-corrected chi connectivity index (χ4v) is 3.63. The molecule has 9 nitrogen and oxygen atoms in total. The number of fused-ring (bicyclic) bond motifs is 1. The Morgan fingerprint density at radius 1 is 1.33 bits per heavy atom. The first-order valence-electron chi connectivity index (χ1n) is 8.41. The van der Waals surface area contributed by atoms with Crippen LogP contribution in [0.1, 0.15) is 47.1 Å². The number of carbonyl (C=O) groups is 1. The molecular weight excluding hydrogens is 310 g/mol. The van der Waals surface area contributed by atoms with Gasteiger partial charge in [-0.2, -0.15) is 10.2 Å². The van der Waals surface area contributed by atoms with E-state index in [-0.39, 0.29) is 17.6 Å². The van der Waals surface area contributed by atoms with Crippen LogP contribution in [-0.2, 0) is 13.0 Å². The van der Waals surface area contributed by atoms with E-state index in [2.05, 4.69) is 31.0 Å². The van der Waals surface area contributed by atoms with E-state index in [0.717, 1.165) is 31.5 Å². The highest BCUT2D eigenvalue weighted by molar-refractivity contribution is 5.94. The summed E-state index contributed by atoms with van der Waals surface area (Å²) in [7, 11) is 0. The maximum Gasteiger partial charge on any atom is 0.343 e. The lowest BCUT2D eigenvalue weighted by atomic mass is 9.91. The third-order valence-electron chi connectivity index (χ3n) is 4.94. The van der Waals surface area contributed by atoms with Crippen molar-refractivity contribution in [1.29, 1.82) is 0 Å². The minimum Gasteiger partial charge on any atom is -0.347 e. The summed E-state index contributed by atoms with van der Waals surface area (Å²) >= 11 is 0. The second kappa shape index (κ2) is 6.23. The molecule has 1 fully saturated rings. The molecule has 9 heteroatoms. The highest BCUT2D eigenvalue weighted by Gasteiger charge is 2.27. The predicted molar refractivity (Wildman–Crippen MR) is 85.9 cm³/mol. The molecule has 2 aliphatic heterocycles. The molecule has 2 atom stereocenters. The lowest BCUT2D eigenvalue weighted by Crippen LogP contribution is -2.42. The molecule has 24 heavy (non-hydrogen) atoms. The number of carbonyl (C=O) groups excluding carboxylic acids is 1. The van der Waals surface area contributed by atoms with Crippen molar-refractivity contribution in [3.05, 3.63) is 33.8 Å². The fourth-order valence-electron chi connectivity index (χ4n) is 3.63. The van der Waals surface area contributed by atoms with Crippen molar-refractivity contribution >= 4 is 5.91 Å². The van der Waals surface area contributed by atoms with Gasteiger partial charge in [-0.15, -0.1) is 0 Å². The van der Waals surface area contributed by atoms with Crippen LogP contribution >= 0.6 is 0 Å². The lowest BCUT2D eigenvalue weighted by molar-refractivity contribution is 0.0923. The number of hydrogen-bond donors (Lipinski definition) is 4. The first-order chi connectivity index (χ1) is 11.7. The van der Waals surface area contributed by atoms with Crippen LogP contribution in [0.15, 0.2) is 11.0 Å². The standard InChI is InChI=1S/C15H21N7O2/c23-14(13-11(8-17-20-13)9-2-1-4-16-7-9)18-10-3-5-22-12(6-10)19-21-15(22)24/h8-10,16H,1-7H2,(H,17,20)(H,18,23)(H,21,24)/t9-,10-/m0/s1. The number of nitrogens with zero attached hydrogens (tertiary/aromatic N) is 3. The van der Waals surface area contributed by atoms with Gasteiger partial charge in [0.25, 0.3) is 5.91 Å². The number of amides is 1. The third-order valence-corrected chi connectivity index (χ3v) is 4.94. The average molecular weight is 331 g/mol. The number of piperidine rings is 1. The van der Waals surface area contributed by atoms with Gasteiger partial charge in [0.15, 0.2) is 0 Å². The smallest absolute Gasteiger partial charge is 0.343 e. The minimum absolute atomic E-state index is 0.0270. The van der Waals surface area contributed by atoms with Crippen LogP contribution in [0.5, 0.6) is 0 Å². The van der Waals surface area contributed by atoms with Crippen LogP contribution in [-0.4, -0.2) is 50.0 Å². The Hall–Kier alpha value is -2.42. The summed E-state index contributed by atoms with van der Waals surface area (Å²) in [5.74, 6) is 0.878. The van der Waals surface area contributed by atoms with E-state index in [1.54, 1.807) is 10.8 Å². The van der Waals surface area contributed by atoms with Gasteiger partial charge < -0.3 is 10.6 Å². The molecule has 0 unspecified atom stereocenters. The quantitative estimate of drug-likeness (QED) is 0.605. The number of aromatic nitrogens is 5. The van der Waals surface area contributed by atoms with Crippen LogP contribution in [0.2, 0.25) is 0 Å². The molecule has 0 bridgehead atoms. The van der Waals surface area contributed by atoms with Crippen LogP contribution in [0.25, 0.3) is 0 Å². The highest BCUT2D eigenvalue weighted by Crippen LogP contribution is 2.25. The average Bonchev–Trinajstić information content (AvgIpc) is 3.23. The Balaban J connectivity index is 1.46. The first-order valence-corrected chi connectivity index (χ1v) is 8.41. The Labute approximate surface area is 138 Å². The number of H-pyrrole nitrogens is 2. The van der Waals surface area contributed by atoms with Crippen molar-refractivity contribution in [1.82, 2.24) is 35.6 Å². The summed E-state index contributed by atoms with van der Waals surface area (Å²) in [6.07, 6.45) is 5.20. The van der Waals surface area contributed by atoms with Gasteiger partial charge in [0.2, 0.25) is 0 Å². The van der Waals surface area contributed by atoms with Crippen molar-refractivity contribution < 1.29 is 4.79 Å². The van der Waals surface area contributed by atoms with E-state index in [4.69, 9.17) is 0 Å². The predicted octanol–water partition coefficient (Wildman–Crippen LogP) is -0.494. The summed E-state index contributed by atoms with van der Waals surface area (Å²) < 4.78 is 1.62. The van der Waals surface area contributed by atoms with Gasteiger partial charge in [0.1, 0.15) is 11.5 Å². The highest BCUT2D eigenvalue weighted by atomic mass is 16.2. The molecule has 0 aromatic carbocycles. The SMILES string of the molecule is O=C(N[C@H]1CCn2c(n[nH]c2=O)C1)c1[nH]ncc1[C@H]1CCCNC1. The normalized spacial score (nSPS) is 23.7. The van der Waals surface area contributed by atoms with E-state index in [1.165, 1.54) is 0 Å².